The molecule has 0 bridgehead atoms. The maximum Gasteiger partial charge on any atom is 0.0748 e. The first kappa shape index (κ1) is 18.1. The molecule has 0 aliphatic heterocycles. The van der Waals surface area contributed by atoms with E-state index >= 15 is 0 Å². The summed E-state index contributed by atoms with van der Waals surface area (Å²) in [6.07, 6.45) is 1.97. The van der Waals surface area contributed by atoms with Crippen molar-refractivity contribution in [3.8, 4) is 22.4 Å². The van der Waals surface area contributed by atoms with Crippen LogP contribution in [-0.2, 0) is 10.8 Å². The summed E-state index contributed by atoms with van der Waals surface area (Å²) < 4.78 is 0. The lowest BCUT2D eigenvalue weighted by atomic mass is 9.80. The molecule has 4 aromatic rings. The van der Waals surface area contributed by atoms with Gasteiger partial charge in [-0.2, -0.15) is 0 Å². The number of fused-ring (bicyclic) bond motifs is 5. The Kier molecular flexibility index (Phi) is 3.77. The monoisotopic (exact) mass is 377 g/mol. The predicted octanol–water partition coefficient (Wildman–Crippen LogP) is 7.51. The smallest absolute Gasteiger partial charge is 0.0748 e. The van der Waals surface area contributed by atoms with Gasteiger partial charge in [-0.15, -0.1) is 0 Å². The molecular weight excluding hydrogens is 350 g/mol. The molecule has 1 aliphatic rings. The highest BCUT2D eigenvalue weighted by Gasteiger charge is 2.39. The van der Waals surface area contributed by atoms with Gasteiger partial charge in [0.15, 0.2) is 0 Å². The lowest BCUT2D eigenvalue weighted by molar-refractivity contribution is 0.590. The summed E-state index contributed by atoms with van der Waals surface area (Å²) in [5, 5.41) is 2.62. The average molecular weight is 378 g/mol. The highest BCUT2D eigenvalue weighted by Crippen LogP contribution is 2.53. The zero-order valence-electron chi connectivity index (χ0n) is 17.9. The van der Waals surface area contributed by atoms with Crippen molar-refractivity contribution in [1.82, 2.24) is 4.98 Å². The van der Waals surface area contributed by atoms with Crippen molar-refractivity contribution in [1.29, 1.82) is 0 Å². The standard InChI is InChI=1S/C28H27N/c1-27(2,3)20-13-10-19(11-14-20)26-25-22(16-17-29-26)24-21-9-7-6-8-18(21)12-15-23(24)28(25,4)5/h6-17H,1-5H3. The van der Waals surface area contributed by atoms with Gasteiger partial charge in [0.05, 0.1) is 5.69 Å². The molecule has 1 heteroatoms. The highest BCUT2D eigenvalue weighted by atomic mass is 14.7. The third kappa shape index (κ3) is 2.64. The van der Waals surface area contributed by atoms with Gasteiger partial charge in [-0.05, 0) is 50.1 Å². The van der Waals surface area contributed by atoms with Crippen molar-refractivity contribution in [2.24, 2.45) is 0 Å². The molecule has 0 unspecified atom stereocenters. The molecule has 0 radical (unpaired) electrons. The Bertz CT molecular complexity index is 1240. The van der Waals surface area contributed by atoms with Crippen LogP contribution in [0.1, 0.15) is 51.3 Å². The summed E-state index contributed by atoms with van der Waals surface area (Å²) >= 11 is 0. The van der Waals surface area contributed by atoms with Crippen LogP contribution in [-0.4, -0.2) is 4.98 Å². The van der Waals surface area contributed by atoms with Gasteiger partial charge in [0, 0.05) is 17.2 Å². The second-order valence-corrected chi connectivity index (χ2v) is 9.74. The minimum absolute atomic E-state index is 0.0824. The maximum absolute atomic E-state index is 4.87. The second-order valence-electron chi connectivity index (χ2n) is 9.74. The molecule has 0 N–H and O–H groups in total. The van der Waals surface area contributed by atoms with Crippen LogP contribution >= 0.6 is 0 Å². The molecule has 5 rings (SSSR count). The molecule has 0 spiro atoms. The van der Waals surface area contributed by atoms with E-state index in [0.29, 0.717) is 0 Å². The van der Waals surface area contributed by atoms with E-state index in [-0.39, 0.29) is 10.8 Å². The molecule has 0 saturated carbocycles. The molecule has 144 valence electrons. The van der Waals surface area contributed by atoms with Crippen LogP contribution in [0.5, 0.6) is 0 Å². The Morgan fingerprint density at radius 2 is 1.52 bits per heavy atom. The van der Waals surface area contributed by atoms with Crippen LogP contribution in [0.25, 0.3) is 33.2 Å². The van der Waals surface area contributed by atoms with E-state index in [1.807, 2.05) is 6.20 Å². The summed E-state index contributed by atoms with van der Waals surface area (Å²) in [5.41, 5.74) is 9.15. The van der Waals surface area contributed by atoms with Gasteiger partial charge in [0.2, 0.25) is 0 Å². The van der Waals surface area contributed by atoms with Crippen LogP contribution in [0.15, 0.2) is 72.9 Å². The SMILES string of the molecule is CC(C)(C)c1ccc(-c2nccc3c2C(C)(C)c2ccc4ccccc4c2-3)cc1. The van der Waals surface area contributed by atoms with E-state index in [4.69, 9.17) is 4.98 Å². The minimum Gasteiger partial charge on any atom is -0.256 e. The summed E-state index contributed by atoms with van der Waals surface area (Å²) in [4.78, 5) is 4.87. The van der Waals surface area contributed by atoms with Crippen molar-refractivity contribution < 1.29 is 0 Å². The topological polar surface area (TPSA) is 12.9 Å². The molecule has 29 heavy (non-hydrogen) atoms. The Hall–Kier alpha value is -2.93. The summed E-state index contributed by atoms with van der Waals surface area (Å²) in [6.45, 7) is 11.4. The van der Waals surface area contributed by atoms with Gasteiger partial charge in [0.1, 0.15) is 0 Å². The predicted molar refractivity (Wildman–Crippen MR) is 123 cm³/mol. The van der Waals surface area contributed by atoms with Crippen LogP contribution in [0, 0.1) is 0 Å². The average Bonchev–Trinajstić information content (AvgIpc) is 2.95. The summed E-state index contributed by atoms with van der Waals surface area (Å²) in [5.74, 6) is 0. The molecule has 0 saturated heterocycles. The van der Waals surface area contributed by atoms with Crippen molar-refractivity contribution in [3.63, 3.8) is 0 Å². The largest absolute Gasteiger partial charge is 0.256 e. The quantitative estimate of drug-likeness (QED) is 0.334. The van der Waals surface area contributed by atoms with Crippen LogP contribution in [0.3, 0.4) is 0 Å². The number of hydrogen-bond acceptors (Lipinski definition) is 1. The number of hydrogen-bond donors (Lipinski definition) is 0. The normalized spacial score (nSPS) is 14.7. The summed E-state index contributed by atoms with van der Waals surface area (Å²) in [6, 6.07) is 24.4. The zero-order valence-corrected chi connectivity index (χ0v) is 17.9. The van der Waals surface area contributed by atoms with Gasteiger partial charge in [0.25, 0.3) is 0 Å². The molecular formula is C28H27N. The van der Waals surface area contributed by atoms with E-state index in [0.717, 1.165) is 5.69 Å². The van der Waals surface area contributed by atoms with Crippen LogP contribution in [0.2, 0.25) is 0 Å². The van der Waals surface area contributed by atoms with Crippen molar-refractivity contribution in [2.75, 3.05) is 0 Å². The Balaban J connectivity index is 1.76. The van der Waals surface area contributed by atoms with Crippen LogP contribution in [0.4, 0.5) is 0 Å². The van der Waals surface area contributed by atoms with Gasteiger partial charge >= 0.3 is 0 Å². The van der Waals surface area contributed by atoms with Gasteiger partial charge < -0.3 is 0 Å². The molecule has 0 atom stereocenters. The number of rotatable bonds is 1. The molecule has 1 nitrogen and oxygen atoms in total. The first-order valence-electron chi connectivity index (χ1n) is 10.4. The van der Waals surface area contributed by atoms with Gasteiger partial charge in [-0.3, -0.25) is 4.98 Å². The minimum atomic E-state index is -0.0824. The fourth-order valence-corrected chi connectivity index (χ4v) is 4.87. The van der Waals surface area contributed by atoms with Crippen molar-refractivity contribution in [2.45, 2.75) is 45.4 Å². The first-order valence-corrected chi connectivity index (χ1v) is 10.4. The Labute approximate surface area is 173 Å². The van der Waals surface area contributed by atoms with E-state index in [9.17, 15) is 0 Å². The van der Waals surface area contributed by atoms with Gasteiger partial charge in [-0.25, -0.2) is 0 Å². The third-order valence-corrected chi connectivity index (χ3v) is 6.47. The lowest BCUT2D eigenvalue weighted by Gasteiger charge is -2.24. The molecule has 0 fully saturated rings. The fourth-order valence-electron chi connectivity index (χ4n) is 4.87. The number of benzene rings is 3. The molecule has 1 aromatic heterocycles. The Morgan fingerprint density at radius 1 is 0.793 bits per heavy atom. The molecule has 1 heterocycles. The van der Waals surface area contributed by atoms with Crippen molar-refractivity contribution in [3.05, 3.63) is 89.6 Å². The molecule has 0 amide bonds. The number of nitrogens with zero attached hydrogens (tertiary/aromatic N) is 1. The van der Waals surface area contributed by atoms with E-state index in [1.165, 1.54) is 44.2 Å². The lowest BCUT2D eigenvalue weighted by Crippen LogP contribution is -2.17. The highest BCUT2D eigenvalue weighted by molar-refractivity contribution is 6.03. The van der Waals surface area contributed by atoms with E-state index < -0.39 is 0 Å². The fraction of sp³-hybridized carbons (Fsp3) is 0.250. The zero-order chi connectivity index (χ0) is 20.4. The van der Waals surface area contributed by atoms with Gasteiger partial charge in [-0.1, -0.05) is 95.3 Å². The van der Waals surface area contributed by atoms with E-state index in [1.54, 1.807) is 0 Å². The number of pyridine rings is 1. The number of aromatic nitrogens is 1. The Morgan fingerprint density at radius 3 is 2.24 bits per heavy atom. The first-order chi connectivity index (χ1) is 13.8. The summed E-state index contributed by atoms with van der Waals surface area (Å²) in [7, 11) is 0. The third-order valence-electron chi connectivity index (χ3n) is 6.47. The van der Waals surface area contributed by atoms with Crippen LogP contribution < -0.4 is 0 Å². The van der Waals surface area contributed by atoms with Crippen molar-refractivity contribution >= 4 is 10.8 Å². The maximum atomic E-state index is 4.87. The molecule has 1 aliphatic carbocycles. The van der Waals surface area contributed by atoms with E-state index in [2.05, 4.69) is 101 Å². The second kappa shape index (κ2) is 6.03. The molecule has 3 aromatic carbocycles.